The second-order valence-electron chi connectivity index (χ2n) is 7.23. The van der Waals surface area contributed by atoms with Gasteiger partial charge in [-0.15, -0.1) is 10.1 Å². The number of carbonyl (C=O) groups excluding carboxylic acids is 1. The summed E-state index contributed by atoms with van der Waals surface area (Å²) in [5.74, 6) is -0.458. The van der Waals surface area contributed by atoms with Crippen molar-refractivity contribution in [2.24, 2.45) is 5.92 Å². The number of esters is 1. The highest BCUT2D eigenvalue weighted by Gasteiger charge is 2.35. The molecule has 0 N–H and O–H groups in total. The molecule has 8 nitrogen and oxygen atoms in total. The quantitative estimate of drug-likeness (QED) is 0.411. The predicted octanol–water partition coefficient (Wildman–Crippen LogP) is 3.95. The van der Waals surface area contributed by atoms with Gasteiger partial charge in [-0.2, -0.15) is 0 Å². The zero-order valence-corrected chi connectivity index (χ0v) is 16.4. The summed E-state index contributed by atoms with van der Waals surface area (Å²) in [6, 6.07) is 7.37. The summed E-state index contributed by atoms with van der Waals surface area (Å²) >= 11 is 5.97. The lowest BCUT2D eigenvalue weighted by Gasteiger charge is -2.15. The molecule has 1 aromatic carbocycles. The minimum Gasteiger partial charge on any atom is -0.424 e. The number of pyridine rings is 1. The molecule has 2 heterocycles. The molecule has 1 aliphatic carbocycles. The van der Waals surface area contributed by atoms with Crippen LogP contribution >= 0.6 is 11.6 Å². The topological polar surface area (TPSA) is 101 Å². The molecule has 29 heavy (non-hydrogen) atoms. The molecule has 0 saturated heterocycles. The average molecular weight is 419 g/mol. The van der Waals surface area contributed by atoms with Crippen molar-refractivity contribution in [2.45, 2.75) is 45.0 Å². The normalized spacial score (nSPS) is 22.9. The number of aromatic nitrogens is 1. The van der Waals surface area contributed by atoms with Crippen molar-refractivity contribution in [1.29, 1.82) is 0 Å². The van der Waals surface area contributed by atoms with E-state index in [4.69, 9.17) is 21.1 Å². The van der Waals surface area contributed by atoms with E-state index in [1.807, 2.05) is 12.1 Å². The second-order valence-corrected chi connectivity index (χ2v) is 7.67. The molecular weight excluding hydrogens is 400 g/mol. The van der Waals surface area contributed by atoms with Crippen LogP contribution in [-0.2, 0) is 21.0 Å². The highest BCUT2D eigenvalue weighted by Crippen LogP contribution is 2.41. The van der Waals surface area contributed by atoms with E-state index in [1.54, 1.807) is 25.3 Å². The number of hydrogen-bond donors (Lipinski definition) is 0. The summed E-state index contributed by atoms with van der Waals surface area (Å²) in [6.45, 7) is 2.07. The van der Waals surface area contributed by atoms with Crippen LogP contribution in [-0.4, -0.2) is 22.1 Å². The van der Waals surface area contributed by atoms with Gasteiger partial charge in [-0.05, 0) is 43.9 Å². The van der Waals surface area contributed by atoms with Crippen molar-refractivity contribution in [2.75, 3.05) is 0 Å². The Labute approximate surface area is 171 Å². The fourth-order valence-corrected chi connectivity index (χ4v) is 4.01. The van der Waals surface area contributed by atoms with Crippen molar-refractivity contribution >= 4 is 17.6 Å². The van der Waals surface area contributed by atoms with Gasteiger partial charge >= 0.3 is 5.97 Å². The van der Waals surface area contributed by atoms with Crippen molar-refractivity contribution in [3.05, 3.63) is 68.0 Å². The fourth-order valence-electron chi connectivity index (χ4n) is 3.89. The van der Waals surface area contributed by atoms with Crippen LogP contribution in [0.15, 0.2) is 30.5 Å². The monoisotopic (exact) mass is 418 g/mol. The Kier molecular flexibility index (Phi) is 5.38. The standard InChI is InChI=1S/C20H19ClN2O6/c1-11-18(28-20(24)13-4-7-15(8-13)29-23(25)26)17-10-27-19(16(17)9-22-11)12-2-5-14(21)6-3-12/h2-3,5-6,9,13,15,19H,4,7-8,10H2,1H3/t13-,15+,19+/m1/s1. The summed E-state index contributed by atoms with van der Waals surface area (Å²) in [5, 5.41) is 10.3. The van der Waals surface area contributed by atoms with E-state index >= 15 is 0 Å². The molecule has 1 aromatic heterocycles. The molecule has 0 amide bonds. The van der Waals surface area contributed by atoms with Crippen LogP contribution in [0.5, 0.6) is 5.75 Å². The molecule has 2 aromatic rings. The number of nitrogens with zero attached hydrogens (tertiary/aromatic N) is 2. The lowest BCUT2D eigenvalue weighted by molar-refractivity contribution is -0.768. The molecular formula is C20H19ClN2O6. The van der Waals surface area contributed by atoms with Crippen LogP contribution in [0.25, 0.3) is 0 Å². The molecule has 1 fully saturated rings. The number of ether oxygens (including phenoxy) is 2. The Balaban J connectivity index is 1.53. The summed E-state index contributed by atoms with van der Waals surface area (Å²) in [7, 11) is 0. The first-order chi connectivity index (χ1) is 13.9. The molecule has 2 aliphatic rings. The number of fused-ring (bicyclic) bond motifs is 1. The minimum atomic E-state index is -0.815. The zero-order valence-electron chi connectivity index (χ0n) is 15.7. The molecule has 1 aliphatic heterocycles. The van der Waals surface area contributed by atoms with Crippen molar-refractivity contribution in [1.82, 2.24) is 4.98 Å². The molecule has 1 saturated carbocycles. The van der Waals surface area contributed by atoms with Gasteiger partial charge in [-0.25, -0.2) is 0 Å². The van der Waals surface area contributed by atoms with Gasteiger partial charge < -0.3 is 14.3 Å². The average Bonchev–Trinajstić information content (AvgIpc) is 3.31. The van der Waals surface area contributed by atoms with Crippen molar-refractivity contribution in [3.8, 4) is 5.75 Å². The maximum absolute atomic E-state index is 12.7. The summed E-state index contributed by atoms with van der Waals surface area (Å²) in [6.07, 6.45) is 2.07. The summed E-state index contributed by atoms with van der Waals surface area (Å²) in [4.78, 5) is 32.1. The van der Waals surface area contributed by atoms with Gasteiger partial charge in [-0.1, -0.05) is 23.7 Å². The molecule has 152 valence electrons. The number of benzene rings is 1. The highest BCUT2D eigenvalue weighted by atomic mass is 35.5. The van der Waals surface area contributed by atoms with Crippen LogP contribution in [0.3, 0.4) is 0 Å². The number of carbonyl (C=O) groups is 1. The van der Waals surface area contributed by atoms with Crippen LogP contribution in [0.4, 0.5) is 0 Å². The molecule has 0 bridgehead atoms. The lowest BCUT2D eigenvalue weighted by Crippen LogP contribution is -2.21. The largest absolute Gasteiger partial charge is 0.424 e. The third kappa shape index (κ3) is 4.04. The first kappa shape index (κ1) is 19.6. The summed E-state index contributed by atoms with van der Waals surface area (Å²) < 4.78 is 11.6. The molecule has 4 rings (SSSR count). The van der Waals surface area contributed by atoms with Gasteiger partial charge in [0, 0.05) is 22.3 Å². The Bertz CT molecular complexity index is 949. The third-order valence-electron chi connectivity index (χ3n) is 5.35. The van der Waals surface area contributed by atoms with E-state index in [2.05, 4.69) is 9.82 Å². The van der Waals surface area contributed by atoms with Gasteiger partial charge in [0.15, 0.2) is 5.75 Å². The number of halogens is 1. The predicted molar refractivity (Wildman–Crippen MR) is 102 cm³/mol. The molecule has 3 atom stereocenters. The van der Waals surface area contributed by atoms with E-state index in [1.165, 1.54) is 0 Å². The highest BCUT2D eigenvalue weighted by molar-refractivity contribution is 6.30. The van der Waals surface area contributed by atoms with Gasteiger partial charge in [0.05, 0.1) is 18.2 Å². The first-order valence-corrected chi connectivity index (χ1v) is 9.68. The second kappa shape index (κ2) is 7.96. The van der Waals surface area contributed by atoms with E-state index in [-0.39, 0.29) is 12.5 Å². The van der Waals surface area contributed by atoms with Crippen LogP contribution in [0.2, 0.25) is 5.02 Å². The molecule has 0 unspecified atom stereocenters. The lowest BCUT2D eigenvalue weighted by atomic mass is 10.00. The molecule has 0 spiro atoms. The Hall–Kier alpha value is -2.71. The van der Waals surface area contributed by atoms with Gasteiger partial charge in [-0.3, -0.25) is 9.78 Å². The number of rotatable bonds is 5. The number of aryl methyl sites for hydroxylation is 1. The Morgan fingerprint density at radius 1 is 1.31 bits per heavy atom. The van der Waals surface area contributed by atoms with E-state index in [0.717, 1.165) is 16.7 Å². The summed E-state index contributed by atoms with van der Waals surface area (Å²) in [5.41, 5.74) is 3.17. The number of hydrogen-bond acceptors (Lipinski definition) is 7. The maximum Gasteiger partial charge on any atom is 0.314 e. The zero-order chi connectivity index (χ0) is 20.5. The first-order valence-electron chi connectivity index (χ1n) is 9.30. The van der Waals surface area contributed by atoms with E-state index in [0.29, 0.717) is 35.9 Å². The SMILES string of the molecule is Cc1ncc2c(c1OC(=O)[C@@H]1CC[C@H](O[N+](=O)[O-])C1)CO[C@H]2c1ccc(Cl)cc1. The van der Waals surface area contributed by atoms with Gasteiger partial charge in [0.1, 0.15) is 12.2 Å². The van der Waals surface area contributed by atoms with Crippen LogP contribution < -0.4 is 4.74 Å². The fraction of sp³-hybridized carbons (Fsp3) is 0.400. The van der Waals surface area contributed by atoms with Crippen LogP contribution in [0.1, 0.15) is 47.8 Å². The molecule has 9 heteroatoms. The third-order valence-corrected chi connectivity index (χ3v) is 5.61. The van der Waals surface area contributed by atoms with Crippen molar-refractivity contribution < 1.29 is 24.2 Å². The Morgan fingerprint density at radius 2 is 2.07 bits per heavy atom. The van der Waals surface area contributed by atoms with Crippen molar-refractivity contribution in [3.63, 3.8) is 0 Å². The Morgan fingerprint density at radius 3 is 2.79 bits per heavy atom. The molecule has 0 radical (unpaired) electrons. The van der Waals surface area contributed by atoms with Crippen LogP contribution in [0, 0.1) is 23.0 Å². The smallest absolute Gasteiger partial charge is 0.314 e. The minimum absolute atomic E-state index is 0.269. The van der Waals surface area contributed by atoms with Gasteiger partial charge in [0.2, 0.25) is 0 Å². The van der Waals surface area contributed by atoms with Gasteiger partial charge in [0.25, 0.3) is 5.09 Å². The van der Waals surface area contributed by atoms with E-state index < -0.39 is 23.1 Å². The maximum atomic E-state index is 12.7. The van der Waals surface area contributed by atoms with E-state index in [9.17, 15) is 14.9 Å².